The van der Waals surface area contributed by atoms with Gasteiger partial charge >= 0.3 is 0 Å². The predicted octanol–water partition coefficient (Wildman–Crippen LogP) is 5.52. The van der Waals surface area contributed by atoms with E-state index in [9.17, 15) is 4.79 Å². The Labute approximate surface area is 132 Å². The van der Waals surface area contributed by atoms with Crippen molar-refractivity contribution in [1.82, 2.24) is 0 Å². The molecular weight excluding hydrogens is 317 g/mol. The van der Waals surface area contributed by atoms with Crippen LogP contribution in [0.2, 0.25) is 15.1 Å². The van der Waals surface area contributed by atoms with Gasteiger partial charge in [0.2, 0.25) is 0 Å². The van der Waals surface area contributed by atoms with Crippen LogP contribution in [0.5, 0.6) is 0 Å². The zero-order valence-electron chi connectivity index (χ0n) is 10.9. The van der Waals surface area contributed by atoms with Crippen LogP contribution in [-0.4, -0.2) is 5.91 Å². The maximum atomic E-state index is 12.3. The molecule has 104 valence electrons. The maximum Gasteiger partial charge on any atom is 0.258 e. The van der Waals surface area contributed by atoms with E-state index in [1.807, 2.05) is 32.0 Å². The third-order valence-electron chi connectivity index (χ3n) is 2.75. The van der Waals surface area contributed by atoms with Crippen molar-refractivity contribution in [3.05, 3.63) is 62.1 Å². The molecule has 20 heavy (non-hydrogen) atoms. The van der Waals surface area contributed by atoms with Crippen molar-refractivity contribution in [3.63, 3.8) is 0 Å². The molecular formula is C15H12Cl3NO. The summed E-state index contributed by atoms with van der Waals surface area (Å²) < 4.78 is 0. The molecule has 5 heteroatoms. The Bertz CT molecular complexity index is 663. The number of nitrogens with one attached hydrogen (secondary N) is 1. The second-order valence-corrected chi connectivity index (χ2v) is 5.74. The molecule has 0 atom stereocenters. The van der Waals surface area contributed by atoms with Gasteiger partial charge in [0.1, 0.15) is 0 Å². The van der Waals surface area contributed by atoms with E-state index in [2.05, 4.69) is 5.32 Å². The minimum atomic E-state index is -0.382. The lowest BCUT2D eigenvalue weighted by atomic mass is 10.1. The largest absolute Gasteiger partial charge is 0.322 e. The van der Waals surface area contributed by atoms with E-state index >= 15 is 0 Å². The van der Waals surface area contributed by atoms with E-state index in [1.54, 1.807) is 12.1 Å². The van der Waals surface area contributed by atoms with Gasteiger partial charge in [-0.15, -0.1) is 0 Å². The molecule has 0 aliphatic rings. The van der Waals surface area contributed by atoms with Crippen LogP contribution in [0.25, 0.3) is 0 Å². The van der Waals surface area contributed by atoms with Crippen molar-refractivity contribution in [3.8, 4) is 0 Å². The van der Waals surface area contributed by atoms with E-state index in [-0.39, 0.29) is 21.5 Å². The molecule has 0 heterocycles. The average molecular weight is 329 g/mol. The van der Waals surface area contributed by atoms with Gasteiger partial charge in [0.05, 0.1) is 20.6 Å². The normalized spacial score (nSPS) is 10.4. The maximum absolute atomic E-state index is 12.3. The highest BCUT2D eigenvalue weighted by molar-refractivity contribution is 6.46. The highest BCUT2D eigenvalue weighted by Crippen LogP contribution is 2.32. The molecule has 0 radical (unpaired) electrons. The first-order chi connectivity index (χ1) is 9.38. The van der Waals surface area contributed by atoms with Crippen LogP contribution < -0.4 is 5.32 Å². The van der Waals surface area contributed by atoms with Gasteiger partial charge in [-0.2, -0.15) is 0 Å². The molecule has 2 aromatic rings. The number of aryl methyl sites for hydroxylation is 2. The molecule has 0 saturated carbocycles. The molecule has 0 aromatic heterocycles. The smallest absolute Gasteiger partial charge is 0.258 e. The highest BCUT2D eigenvalue weighted by atomic mass is 35.5. The number of rotatable bonds is 2. The second-order valence-electron chi connectivity index (χ2n) is 4.55. The number of hydrogen-bond donors (Lipinski definition) is 1. The van der Waals surface area contributed by atoms with Gasteiger partial charge in [-0.3, -0.25) is 4.79 Å². The first-order valence-electron chi connectivity index (χ1n) is 5.91. The first kappa shape index (κ1) is 15.2. The lowest BCUT2D eigenvalue weighted by molar-refractivity contribution is 0.102. The Kier molecular flexibility index (Phi) is 4.59. The molecule has 1 N–H and O–H groups in total. The lowest BCUT2D eigenvalue weighted by Gasteiger charge is -2.10. The fourth-order valence-electron chi connectivity index (χ4n) is 1.98. The SMILES string of the molecule is Cc1cc(C)cc(NC(=O)c2c(Cl)ccc(Cl)c2Cl)c1. The Hall–Kier alpha value is -1.22. The third kappa shape index (κ3) is 3.26. The summed E-state index contributed by atoms with van der Waals surface area (Å²) in [7, 11) is 0. The van der Waals surface area contributed by atoms with Gasteiger partial charge in [0.25, 0.3) is 5.91 Å². The summed E-state index contributed by atoms with van der Waals surface area (Å²) in [6, 6.07) is 8.87. The zero-order chi connectivity index (χ0) is 14.9. The number of hydrogen-bond acceptors (Lipinski definition) is 1. The van der Waals surface area contributed by atoms with Crippen LogP contribution in [0.15, 0.2) is 30.3 Å². The molecule has 1 amide bonds. The van der Waals surface area contributed by atoms with Crippen LogP contribution >= 0.6 is 34.8 Å². The zero-order valence-corrected chi connectivity index (χ0v) is 13.2. The van der Waals surface area contributed by atoms with Gasteiger partial charge in [-0.05, 0) is 49.2 Å². The molecule has 2 nitrogen and oxygen atoms in total. The van der Waals surface area contributed by atoms with Crippen molar-refractivity contribution in [2.45, 2.75) is 13.8 Å². The Morgan fingerprint density at radius 2 is 1.50 bits per heavy atom. The van der Waals surface area contributed by atoms with E-state index in [0.29, 0.717) is 10.7 Å². The van der Waals surface area contributed by atoms with Crippen LogP contribution in [0.3, 0.4) is 0 Å². The fraction of sp³-hybridized carbons (Fsp3) is 0.133. The van der Waals surface area contributed by atoms with Crippen molar-refractivity contribution in [2.24, 2.45) is 0 Å². The first-order valence-corrected chi connectivity index (χ1v) is 7.05. The summed E-state index contributed by atoms with van der Waals surface area (Å²) in [5.41, 5.74) is 2.99. The molecule has 2 rings (SSSR count). The van der Waals surface area contributed by atoms with E-state index < -0.39 is 0 Å². The van der Waals surface area contributed by atoms with Crippen LogP contribution in [-0.2, 0) is 0 Å². The lowest BCUT2D eigenvalue weighted by Crippen LogP contribution is -2.13. The molecule has 0 spiro atoms. The van der Waals surface area contributed by atoms with Crippen LogP contribution in [0.1, 0.15) is 21.5 Å². The van der Waals surface area contributed by atoms with Crippen molar-refractivity contribution in [1.29, 1.82) is 0 Å². The summed E-state index contributed by atoms with van der Waals surface area (Å²) in [4.78, 5) is 12.3. The Balaban J connectivity index is 2.35. The third-order valence-corrected chi connectivity index (χ3v) is 3.87. The standard InChI is InChI=1S/C15H12Cl3NO/c1-8-5-9(2)7-10(6-8)19-15(20)13-11(16)3-4-12(17)14(13)18/h3-7H,1-2H3,(H,19,20). The Morgan fingerprint density at radius 3 is 2.10 bits per heavy atom. The Morgan fingerprint density at radius 1 is 0.950 bits per heavy atom. The molecule has 0 aliphatic heterocycles. The van der Waals surface area contributed by atoms with E-state index in [1.165, 1.54) is 0 Å². The summed E-state index contributed by atoms with van der Waals surface area (Å²) in [5, 5.41) is 3.49. The van der Waals surface area contributed by atoms with Crippen molar-refractivity contribution >= 4 is 46.4 Å². The van der Waals surface area contributed by atoms with Crippen molar-refractivity contribution in [2.75, 3.05) is 5.32 Å². The molecule has 2 aromatic carbocycles. The van der Waals surface area contributed by atoms with Gasteiger partial charge in [0, 0.05) is 5.69 Å². The number of carbonyl (C=O) groups is 1. The molecule has 0 unspecified atom stereocenters. The average Bonchev–Trinajstić information content (AvgIpc) is 2.33. The van der Waals surface area contributed by atoms with Gasteiger partial charge < -0.3 is 5.32 Å². The topological polar surface area (TPSA) is 29.1 Å². The summed E-state index contributed by atoms with van der Waals surface area (Å²) in [5.74, 6) is -0.382. The van der Waals surface area contributed by atoms with Crippen LogP contribution in [0.4, 0.5) is 5.69 Å². The van der Waals surface area contributed by atoms with E-state index in [0.717, 1.165) is 11.1 Å². The summed E-state index contributed by atoms with van der Waals surface area (Å²) >= 11 is 18.0. The number of amides is 1. The molecule has 0 aliphatic carbocycles. The molecule has 0 bridgehead atoms. The number of benzene rings is 2. The van der Waals surface area contributed by atoms with Crippen molar-refractivity contribution < 1.29 is 4.79 Å². The second kappa shape index (κ2) is 6.04. The molecule has 0 saturated heterocycles. The quantitative estimate of drug-likeness (QED) is 0.723. The number of carbonyl (C=O) groups excluding carboxylic acids is 1. The van der Waals surface area contributed by atoms with Gasteiger partial charge in [-0.1, -0.05) is 40.9 Å². The summed E-state index contributed by atoms with van der Waals surface area (Å²) in [6.45, 7) is 3.92. The minimum absolute atomic E-state index is 0.154. The van der Waals surface area contributed by atoms with E-state index in [4.69, 9.17) is 34.8 Å². The predicted molar refractivity (Wildman–Crippen MR) is 85.3 cm³/mol. The monoisotopic (exact) mass is 327 g/mol. The number of anilines is 1. The summed E-state index contributed by atoms with van der Waals surface area (Å²) in [6.07, 6.45) is 0. The fourth-order valence-corrected chi connectivity index (χ4v) is 2.68. The number of halogens is 3. The van der Waals surface area contributed by atoms with Crippen LogP contribution in [0, 0.1) is 13.8 Å². The highest BCUT2D eigenvalue weighted by Gasteiger charge is 2.17. The van der Waals surface area contributed by atoms with Gasteiger partial charge in [-0.25, -0.2) is 0 Å². The van der Waals surface area contributed by atoms with Gasteiger partial charge in [0.15, 0.2) is 0 Å². The molecule has 0 fully saturated rings. The minimum Gasteiger partial charge on any atom is -0.322 e.